The van der Waals surface area contributed by atoms with Gasteiger partial charge in [-0.1, -0.05) is 72.8 Å². The van der Waals surface area contributed by atoms with Crippen LogP contribution in [0.2, 0.25) is 0 Å². The molecule has 2 aliphatic rings. The van der Waals surface area contributed by atoms with Crippen LogP contribution in [0.1, 0.15) is 70.7 Å². The van der Waals surface area contributed by atoms with Crippen LogP contribution < -0.4 is 4.74 Å². The van der Waals surface area contributed by atoms with Crippen molar-refractivity contribution in [1.29, 1.82) is 0 Å². The molecule has 0 amide bonds. The van der Waals surface area contributed by atoms with Crippen LogP contribution in [0.5, 0.6) is 5.75 Å². The molecule has 1 heterocycles. The molecule has 0 saturated carbocycles. The Balaban J connectivity index is 1.27. The fourth-order valence-electron chi connectivity index (χ4n) is 6.31. The molecule has 2 unspecified atom stereocenters. The van der Waals surface area contributed by atoms with Crippen molar-refractivity contribution in [3.05, 3.63) is 136 Å². The van der Waals surface area contributed by atoms with E-state index in [0.29, 0.717) is 26.2 Å². The van der Waals surface area contributed by atoms with Crippen molar-refractivity contribution >= 4 is 0 Å². The van der Waals surface area contributed by atoms with E-state index in [4.69, 9.17) is 18.9 Å². The molecule has 42 heavy (non-hydrogen) atoms. The van der Waals surface area contributed by atoms with Crippen molar-refractivity contribution in [3.63, 3.8) is 0 Å². The first-order valence-electron chi connectivity index (χ1n) is 15.1. The van der Waals surface area contributed by atoms with E-state index in [1.807, 2.05) is 60.7 Å². The van der Waals surface area contributed by atoms with Crippen molar-refractivity contribution in [2.24, 2.45) is 0 Å². The Morgan fingerprint density at radius 2 is 1.50 bits per heavy atom. The molecule has 4 aromatic carbocycles. The lowest BCUT2D eigenvalue weighted by atomic mass is 9.89. The zero-order valence-electron chi connectivity index (χ0n) is 24.3. The van der Waals surface area contributed by atoms with E-state index in [2.05, 4.69) is 30.3 Å². The summed E-state index contributed by atoms with van der Waals surface area (Å²) in [5, 5.41) is 0. The molecular formula is C37H39FO4. The topological polar surface area (TPSA) is 36.9 Å². The van der Waals surface area contributed by atoms with Gasteiger partial charge in [-0.3, -0.25) is 0 Å². The predicted molar refractivity (Wildman–Crippen MR) is 162 cm³/mol. The highest BCUT2D eigenvalue weighted by molar-refractivity contribution is 5.46. The molecule has 218 valence electrons. The molecule has 2 atom stereocenters. The SMILES string of the molecule is COc1ccc(Cc2cc(C3CCCC(COCc4ccccc4)(OCc4ccccc4)O3)c3c(c2F)CCC3)cc1. The second-order valence-electron chi connectivity index (χ2n) is 11.4. The van der Waals surface area contributed by atoms with E-state index < -0.39 is 5.79 Å². The van der Waals surface area contributed by atoms with Crippen molar-refractivity contribution in [2.45, 2.75) is 70.1 Å². The number of benzene rings is 4. The number of hydrogen-bond acceptors (Lipinski definition) is 4. The van der Waals surface area contributed by atoms with Gasteiger partial charge in [0.15, 0.2) is 5.79 Å². The second-order valence-corrected chi connectivity index (χ2v) is 11.4. The zero-order chi connectivity index (χ0) is 28.8. The number of hydrogen-bond donors (Lipinski definition) is 0. The third-order valence-corrected chi connectivity index (χ3v) is 8.50. The fourth-order valence-corrected chi connectivity index (χ4v) is 6.31. The molecule has 0 N–H and O–H groups in total. The predicted octanol–water partition coefficient (Wildman–Crippen LogP) is 8.29. The molecule has 1 saturated heterocycles. The molecule has 1 fully saturated rings. The van der Waals surface area contributed by atoms with Gasteiger partial charge < -0.3 is 18.9 Å². The van der Waals surface area contributed by atoms with Gasteiger partial charge in [0.1, 0.15) is 18.2 Å². The van der Waals surface area contributed by atoms with Crippen LogP contribution in [0.25, 0.3) is 0 Å². The third kappa shape index (κ3) is 6.59. The lowest BCUT2D eigenvalue weighted by Gasteiger charge is -2.41. The summed E-state index contributed by atoms with van der Waals surface area (Å²) in [6.45, 7) is 1.25. The van der Waals surface area contributed by atoms with Gasteiger partial charge in [-0.05, 0) is 89.2 Å². The summed E-state index contributed by atoms with van der Waals surface area (Å²) in [5.74, 6) is -0.148. The lowest BCUT2D eigenvalue weighted by molar-refractivity contribution is -0.307. The average molecular weight is 567 g/mol. The Bertz CT molecular complexity index is 1460. The van der Waals surface area contributed by atoms with E-state index in [9.17, 15) is 0 Å². The van der Waals surface area contributed by atoms with Crippen LogP contribution in [0.3, 0.4) is 0 Å². The number of fused-ring (bicyclic) bond motifs is 1. The highest BCUT2D eigenvalue weighted by atomic mass is 19.1. The van der Waals surface area contributed by atoms with Crippen LogP contribution in [0.4, 0.5) is 4.39 Å². The average Bonchev–Trinajstić information content (AvgIpc) is 3.54. The molecule has 0 spiro atoms. The summed E-state index contributed by atoms with van der Waals surface area (Å²) in [6.07, 6.45) is 5.51. The molecule has 4 nitrogen and oxygen atoms in total. The molecule has 1 aliphatic heterocycles. The highest BCUT2D eigenvalue weighted by Crippen LogP contribution is 2.43. The maximum absolute atomic E-state index is 15.8. The van der Waals surface area contributed by atoms with E-state index in [1.54, 1.807) is 7.11 Å². The molecule has 0 bridgehead atoms. The summed E-state index contributed by atoms with van der Waals surface area (Å²) in [7, 11) is 1.65. The summed E-state index contributed by atoms with van der Waals surface area (Å²) < 4.78 is 40.9. The molecule has 5 heteroatoms. The first-order chi connectivity index (χ1) is 20.6. The Morgan fingerprint density at radius 1 is 0.810 bits per heavy atom. The smallest absolute Gasteiger partial charge is 0.192 e. The Hall–Kier alpha value is -3.51. The van der Waals surface area contributed by atoms with Crippen LogP contribution in [0, 0.1) is 5.82 Å². The van der Waals surface area contributed by atoms with Crippen LogP contribution in [-0.4, -0.2) is 19.5 Å². The van der Waals surface area contributed by atoms with Crippen LogP contribution >= 0.6 is 0 Å². The van der Waals surface area contributed by atoms with Crippen molar-refractivity contribution in [2.75, 3.05) is 13.7 Å². The summed E-state index contributed by atoms with van der Waals surface area (Å²) in [6, 6.07) is 30.3. The van der Waals surface area contributed by atoms with Crippen molar-refractivity contribution in [1.82, 2.24) is 0 Å². The molecule has 4 aromatic rings. The number of methoxy groups -OCH3 is 1. The first kappa shape index (κ1) is 28.6. The Morgan fingerprint density at radius 3 is 2.21 bits per heavy atom. The quantitative estimate of drug-likeness (QED) is 0.183. The Labute approximate surface area is 248 Å². The number of rotatable bonds is 11. The van der Waals surface area contributed by atoms with E-state index in [0.717, 1.165) is 83.2 Å². The summed E-state index contributed by atoms with van der Waals surface area (Å²) >= 11 is 0. The largest absolute Gasteiger partial charge is 0.497 e. The van der Waals surface area contributed by atoms with E-state index in [-0.39, 0.29) is 11.9 Å². The number of ether oxygens (including phenoxy) is 4. The van der Waals surface area contributed by atoms with Crippen LogP contribution in [0.15, 0.2) is 91.0 Å². The van der Waals surface area contributed by atoms with Crippen molar-refractivity contribution < 1.29 is 23.3 Å². The number of halogens is 1. The standard InChI is InChI=1S/C37H39FO4/c1-39-31-19-17-27(18-20-31)22-30-23-34(32-14-8-15-33(32)36(30)38)35-16-9-21-37(42-35,41-25-29-12-6-3-7-13-29)26-40-24-28-10-4-2-5-11-28/h2-7,10-13,17-20,23,35H,8-9,14-16,21-22,24-26H2,1H3. The molecule has 6 rings (SSSR count). The van der Waals surface area contributed by atoms with Crippen LogP contribution in [-0.2, 0) is 46.7 Å². The minimum Gasteiger partial charge on any atom is -0.497 e. The fraction of sp³-hybridized carbons (Fsp3) is 0.351. The third-order valence-electron chi connectivity index (χ3n) is 8.50. The first-order valence-corrected chi connectivity index (χ1v) is 15.1. The van der Waals surface area contributed by atoms with E-state index >= 15 is 4.39 Å². The van der Waals surface area contributed by atoms with Gasteiger partial charge in [-0.2, -0.15) is 0 Å². The maximum Gasteiger partial charge on any atom is 0.192 e. The van der Waals surface area contributed by atoms with Gasteiger partial charge in [-0.25, -0.2) is 4.39 Å². The van der Waals surface area contributed by atoms with Gasteiger partial charge in [0.2, 0.25) is 0 Å². The zero-order valence-corrected chi connectivity index (χ0v) is 24.3. The summed E-state index contributed by atoms with van der Waals surface area (Å²) in [5.41, 5.74) is 7.08. The molecule has 0 aromatic heterocycles. The van der Waals surface area contributed by atoms with Gasteiger partial charge in [0, 0.05) is 12.8 Å². The molecule has 0 radical (unpaired) electrons. The van der Waals surface area contributed by atoms with Gasteiger partial charge in [-0.15, -0.1) is 0 Å². The monoisotopic (exact) mass is 566 g/mol. The van der Waals surface area contributed by atoms with Gasteiger partial charge in [0.25, 0.3) is 0 Å². The lowest BCUT2D eigenvalue weighted by Crippen LogP contribution is -2.44. The normalized spacial score (nSPS) is 19.9. The second kappa shape index (κ2) is 13.2. The highest BCUT2D eigenvalue weighted by Gasteiger charge is 2.41. The Kier molecular flexibility index (Phi) is 8.99. The maximum atomic E-state index is 15.8. The van der Waals surface area contributed by atoms with Gasteiger partial charge in [0.05, 0.1) is 26.4 Å². The van der Waals surface area contributed by atoms with Crippen molar-refractivity contribution in [3.8, 4) is 5.75 Å². The minimum absolute atomic E-state index is 0.0596. The summed E-state index contributed by atoms with van der Waals surface area (Å²) in [4.78, 5) is 0. The minimum atomic E-state index is -0.885. The molecular weight excluding hydrogens is 527 g/mol. The van der Waals surface area contributed by atoms with Gasteiger partial charge >= 0.3 is 0 Å². The van der Waals surface area contributed by atoms with E-state index in [1.165, 1.54) is 0 Å². The molecule has 1 aliphatic carbocycles.